The normalized spacial score (nSPS) is 15.4. The van der Waals surface area contributed by atoms with Crippen LogP contribution in [0, 0.1) is 6.85 Å². The zero-order valence-corrected chi connectivity index (χ0v) is 15.1. The second kappa shape index (κ2) is 5.95. The predicted octanol–water partition coefficient (Wildman–Crippen LogP) is 7.23. The van der Waals surface area contributed by atoms with Gasteiger partial charge in [0.25, 0.3) is 0 Å². The summed E-state index contributed by atoms with van der Waals surface area (Å²) in [5.74, 6) is -1.21. The number of nitrogens with zero attached hydrogens (tertiary/aromatic N) is 1. The zero-order valence-electron chi connectivity index (χ0n) is 20.1. The lowest BCUT2D eigenvalue weighted by molar-refractivity contribution is 0.670. The van der Waals surface area contributed by atoms with E-state index in [1.54, 1.807) is 19.9 Å². The Hall–Kier alpha value is -3.13. The van der Waals surface area contributed by atoms with Gasteiger partial charge in [0.05, 0.1) is 7.06 Å². The maximum atomic E-state index is 8.50. The van der Waals surface area contributed by atoms with E-state index in [4.69, 9.17) is 11.3 Å². The smallest absolute Gasteiger partial charge is 0.144 e. The summed E-state index contributed by atoms with van der Waals surface area (Å²) in [6.45, 7) is 0.712. The van der Waals surface area contributed by atoms with Gasteiger partial charge in [-0.3, -0.25) is 4.98 Å². The Morgan fingerprint density at radius 1 is 1.00 bits per heavy atom. The van der Waals surface area contributed by atoms with Crippen molar-refractivity contribution in [2.45, 2.75) is 26.6 Å². The molecular formula is C25H21NO. The molecule has 0 saturated carbocycles. The molecule has 2 nitrogen and oxygen atoms in total. The van der Waals surface area contributed by atoms with E-state index in [1.807, 2.05) is 42.5 Å². The first kappa shape index (κ1) is 11.6. The van der Waals surface area contributed by atoms with Crippen molar-refractivity contribution in [3.63, 3.8) is 0 Å². The molecule has 0 aliphatic carbocycles. The molecule has 2 heterocycles. The van der Waals surface area contributed by atoms with Crippen LogP contribution in [0.5, 0.6) is 0 Å². The van der Waals surface area contributed by atoms with E-state index in [1.165, 1.54) is 0 Å². The first-order valence-electron chi connectivity index (χ1n) is 11.4. The molecule has 5 aromatic rings. The second-order valence-corrected chi connectivity index (χ2v) is 7.02. The molecule has 0 spiro atoms. The highest BCUT2D eigenvalue weighted by molar-refractivity contribution is 6.13. The van der Waals surface area contributed by atoms with Crippen LogP contribution in [0.4, 0.5) is 0 Å². The number of hydrogen-bond donors (Lipinski definition) is 0. The molecular weight excluding hydrogens is 330 g/mol. The number of fused-ring (bicyclic) bond motifs is 4. The Balaban J connectivity index is 1.81. The van der Waals surface area contributed by atoms with Gasteiger partial charge >= 0.3 is 0 Å². The number of pyridine rings is 1. The van der Waals surface area contributed by atoms with Crippen molar-refractivity contribution in [3.8, 4) is 11.3 Å². The molecule has 0 unspecified atom stereocenters. The van der Waals surface area contributed by atoms with Gasteiger partial charge in [-0.2, -0.15) is 0 Å². The molecule has 0 fully saturated rings. The monoisotopic (exact) mass is 356 g/mol. The minimum atomic E-state index is -2.53. The van der Waals surface area contributed by atoms with Crippen LogP contribution in [0.15, 0.2) is 71.3 Å². The SMILES string of the molecule is [2H]c1nc(-c2cccc3c2oc2cc4ccccc4cc23)cc(C([2H])(C)C)c1C([2H])([2H])[2H]. The van der Waals surface area contributed by atoms with Gasteiger partial charge in [-0.15, -0.1) is 0 Å². The van der Waals surface area contributed by atoms with Crippen LogP contribution < -0.4 is 0 Å². The molecule has 0 aliphatic heterocycles. The predicted molar refractivity (Wildman–Crippen MR) is 113 cm³/mol. The minimum absolute atomic E-state index is 0.177. The first-order chi connectivity index (χ1) is 15.0. The summed E-state index contributed by atoms with van der Waals surface area (Å²) in [4.78, 5) is 4.32. The highest BCUT2D eigenvalue weighted by Crippen LogP contribution is 2.37. The molecule has 0 aliphatic rings. The highest BCUT2D eigenvalue weighted by Gasteiger charge is 2.15. The highest BCUT2D eigenvalue weighted by atomic mass is 16.3. The third-order valence-electron chi connectivity index (χ3n) is 5.02. The molecule has 0 saturated heterocycles. The number of hydrogen-bond acceptors (Lipinski definition) is 2. The van der Waals surface area contributed by atoms with Gasteiger partial charge in [0.15, 0.2) is 0 Å². The molecule has 0 bridgehead atoms. The number of para-hydroxylation sites is 1. The Morgan fingerprint density at radius 3 is 2.59 bits per heavy atom. The standard InChI is InChI=1S/C25H21NO/c1-15(2)21-13-23(26-14-16(21)3)20-10-6-9-19-22-11-17-7-4-5-8-18(17)12-24(22)27-25(19)20/h4-15H,1-3H3/i3D3,14D,15D. The molecule has 0 radical (unpaired) electrons. The molecule has 0 amide bonds. The minimum Gasteiger partial charge on any atom is -0.455 e. The first-order valence-corrected chi connectivity index (χ1v) is 8.91. The third kappa shape index (κ3) is 2.52. The number of furan rings is 1. The molecule has 2 aromatic heterocycles. The molecule has 0 N–H and O–H groups in total. The van der Waals surface area contributed by atoms with Crippen LogP contribution in [0.1, 0.15) is 37.7 Å². The lowest BCUT2D eigenvalue weighted by Crippen LogP contribution is -1.95. The molecule has 0 atom stereocenters. The average Bonchev–Trinajstić information content (AvgIpc) is 3.07. The van der Waals surface area contributed by atoms with Gasteiger partial charge in [0.2, 0.25) is 0 Å². The third-order valence-corrected chi connectivity index (χ3v) is 5.02. The fourth-order valence-electron chi connectivity index (χ4n) is 3.63. The van der Waals surface area contributed by atoms with Crippen molar-refractivity contribution in [3.05, 3.63) is 78.0 Å². The Kier molecular flexibility index (Phi) is 2.55. The van der Waals surface area contributed by atoms with E-state index in [9.17, 15) is 0 Å². The van der Waals surface area contributed by atoms with Gasteiger partial charge in [0, 0.05) is 28.0 Å². The van der Waals surface area contributed by atoms with Crippen LogP contribution in [-0.2, 0) is 0 Å². The Morgan fingerprint density at radius 2 is 1.81 bits per heavy atom. The summed E-state index contributed by atoms with van der Waals surface area (Å²) >= 11 is 0. The van der Waals surface area contributed by atoms with Gasteiger partial charge in [-0.25, -0.2) is 0 Å². The van der Waals surface area contributed by atoms with Crippen LogP contribution in [-0.4, -0.2) is 4.98 Å². The van der Waals surface area contributed by atoms with E-state index < -0.39 is 12.7 Å². The van der Waals surface area contributed by atoms with Crippen molar-refractivity contribution >= 4 is 32.7 Å². The number of rotatable bonds is 2. The second-order valence-electron chi connectivity index (χ2n) is 7.02. The summed E-state index contributed by atoms with van der Waals surface area (Å²) in [5.41, 5.74) is 2.56. The van der Waals surface area contributed by atoms with Crippen molar-refractivity contribution < 1.29 is 11.3 Å². The van der Waals surface area contributed by atoms with Gasteiger partial charge < -0.3 is 4.42 Å². The van der Waals surface area contributed by atoms with Crippen LogP contribution in [0.3, 0.4) is 0 Å². The lowest BCUT2D eigenvalue weighted by atomic mass is 9.97. The van der Waals surface area contributed by atoms with Crippen molar-refractivity contribution in [2.24, 2.45) is 0 Å². The molecule has 27 heavy (non-hydrogen) atoms. The fourth-order valence-corrected chi connectivity index (χ4v) is 3.63. The largest absolute Gasteiger partial charge is 0.455 e. The van der Waals surface area contributed by atoms with Crippen molar-refractivity contribution in [1.29, 1.82) is 0 Å². The average molecular weight is 356 g/mol. The summed E-state index contributed by atoms with van der Waals surface area (Å²) in [6, 6.07) is 19.5. The molecule has 3 aromatic carbocycles. The quantitative estimate of drug-likeness (QED) is 0.333. The van der Waals surface area contributed by atoms with E-state index in [0.29, 0.717) is 16.8 Å². The lowest BCUT2D eigenvalue weighted by Gasteiger charge is -2.11. The zero-order chi connectivity index (χ0) is 22.8. The van der Waals surface area contributed by atoms with Gasteiger partial charge in [0.1, 0.15) is 11.2 Å². The number of aromatic nitrogens is 1. The van der Waals surface area contributed by atoms with Crippen molar-refractivity contribution in [2.75, 3.05) is 0 Å². The molecule has 2 heteroatoms. The van der Waals surface area contributed by atoms with Crippen LogP contribution in [0.2, 0.25) is 0 Å². The maximum absolute atomic E-state index is 8.50. The topological polar surface area (TPSA) is 26.0 Å². The summed E-state index contributed by atoms with van der Waals surface area (Å²) in [7, 11) is 0. The van der Waals surface area contributed by atoms with Gasteiger partial charge in [-0.05, 0) is 58.9 Å². The Labute approximate surface area is 165 Å². The van der Waals surface area contributed by atoms with E-state index in [0.717, 1.165) is 27.1 Å². The summed E-state index contributed by atoms with van der Waals surface area (Å²) in [6.07, 6.45) is -0.336. The van der Waals surface area contributed by atoms with Gasteiger partial charge in [-0.1, -0.05) is 50.2 Å². The summed E-state index contributed by atoms with van der Waals surface area (Å²) in [5, 5.41) is 4.09. The molecule has 132 valence electrons. The Bertz CT molecular complexity index is 1510. The van der Waals surface area contributed by atoms with E-state index in [2.05, 4.69) is 17.1 Å². The van der Waals surface area contributed by atoms with Crippen LogP contribution >= 0.6 is 0 Å². The maximum Gasteiger partial charge on any atom is 0.144 e. The fraction of sp³-hybridized carbons (Fsp3) is 0.160. The summed E-state index contributed by atoms with van der Waals surface area (Å²) < 4.78 is 46.7. The van der Waals surface area contributed by atoms with E-state index >= 15 is 0 Å². The van der Waals surface area contributed by atoms with Crippen LogP contribution in [0.25, 0.3) is 44.0 Å². The van der Waals surface area contributed by atoms with Crippen molar-refractivity contribution in [1.82, 2.24) is 4.98 Å². The molecule has 5 rings (SSSR count). The van der Waals surface area contributed by atoms with E-state index in [-0.39, 0.29) is 17.3 Å². The number of benzene rings is 3.